The predicted molar refractivity (Wildman–Crippen MR) is 83.7 cm³/mol. The molecule has 2 rings (SSSR count). The highest BCUT2D eigenvalue weighted by Crippen LogP contribution is 2.23. The summed E-state index contributed by atoms with van der Waals surface area (Å²) in [5.74, 6) is 1.88. The Bertz CT molecular complexity index is 655. The van der Waals surface area contributed by atoms with Crippen LogP contribution in [0.15, 0.2) is 42.5 Å². The second-order valence-electron chi connectivity index (χ2n) is 4.59. The molecular weight excluding hydrogens is 282 g/mol. The lowest BCUT2D eigenvalue weighted by atomic mass is 10.1. The van der Waals surface area contributed by atoms with Gasteiger partial charge in [-0.1, -0.05) is 6.07 Å². The summed E-state index contributed by atoms with van der Waals surface area (Å²) < 4.78 is 15.6. The molecule has 0 radical (unpaired) electrons. The molecule has 0 saturated heterocycles. The van der Waals surface area contributed by atoms with Crippen molar-refractivity contribution in [2.24, 2.45) is 0 Å². The average Bonchev–Trinajstić information content (AvgIpc) is 2.59. The first-order valence-corrected chi connectivity index (χ1v) is 6.81. The molecule has 0 aliphatic heterocycles. The van der Waals surface area contributed by atoms with Gasteiger partial charge in [0.05, 0.1) is 21.3 Å². The van der Waals surface area contributed by atoms with Crippen LogP contribution in [0.1, 0.15) is 15.9 Å². The van der Waals surface area contributed by atoms with Crippen molar-refractivity contribution >= 4 is 5.91 Å². The molecule has 0 aliphatic carbocycles. The monoisotopic (exact) mass is 301 g/mol. The van der Waals surface area contributed by atoms with Gasteiger partial charge >= 0.3 is 0 Å². The van der Waals surface area contributed by atoms with E-state index in [0.29, 0.717) is 29.4 Å². The number of benzene rings is 2. The van der Waals surface area contributed by atoms with Gasteiger partial charge in [-0.05, 0) is 36.4 Å². The molecule has 22 heavy (non-hydrogen) atoms. The van der Waals surface area contributed by atoms with Crippen LogP contribution in [-0.2, 0) is 6.54 Å². The second kappa shape index (κ2) is 7.36. The number of nitrogens with one attached hydrogen (secondary N) is 1. The standard InChI is InChI=1S/C17H19NO4/c1-20-14-6-4-5-12(9-14)17(19)18-11-13-10-15(21-2)7-8-16(13)22-3/h4-10H,11H2,1-3H3,(H,18,19). The largest absolute Gasteiger partial charge is 0.497 e. The Morgan fingerprint density at radius 1 is 0.955 bits per heavy atom. The van der Waals surface area contributed by atoms with Crippen molar-refractivity contribution in [3.63, 3.8) is 0 Å². The molecule has 1 amide bonds. The van der Waals surface area contributed by atoms with Crippen LogP contribution in [0.2, 0.25) is 0 Å². The number of ether oxygens (including phenoxy) is 3. The maximum Gasteiger partial charge on any atom is 0.251 e. The molecule has 0 heterocycles. The first-order chi connectivity index (χ1) is 10.7. The third kappa shape index (κ3) is 3.69. The van der Waals surface area contributed by atoms with Crippen LogP contribution >= 0.6 is 0 Å². The Kier molecular flexibility index (Phi) is 5.25. The van der Waals surface area contributed by atoms with Crippen LogP contribution in [0, 0.1) is 0 Å². The Labute approximate surface area is 129 Å². The fourth-order valence-electron chi connectivity index (χ4n) is 2.06. The van der Waals surface area contributed by atoms with Crippen LogP contribution in [0.4, 0.5) is 0 Å². The first kappa shape index (κ1) is 15.7. The van der Waals surface area contributed by atoms with Crippen molar-refractivity contribution in [3.05, 3.63) is 53.6 Å². The number of carbonyl (C=O) groups is 1. The molecule has 0 bridgehead atoms. The first-order valence-electron chi connectivity index (χ1n) is 6.81. The highest BCUT2D eigenvalue weighted by atomic mass is 16.5. The quantitative estimate of drug-likeness (QED) is 0.891. The molecule has 0 aromatic heterocycles. The van der Waals surface area contributed by atoms with Gasteiger partial charge in [0.1, 0.15) is 17.2 Å². The third-order valence-electron chi connectivity index (χ3n) is 3.26. The van der Waals surface area contributed by atoms with Crippen molar-refractivity contribution in [1.29, 1.82) is 0 Å². The van der Waals surface area contributed by atoms with E-state index >= 15 is 0 Å². The summed E-state index contributed by atoms with van der Waals surface area (Å²) in [7, 11) is 4.76. The van der Waals surface area contributed by atoms with E-state index in [1.165, 1.54) is 0 Å². The number of hydrogen-bond acceptors (Lipinski definition) is 4. The van der Waals surface area contributed by atoms with E-state index in [2.05, 4.69) is 5.32 Å². The molecule has 1 N–H and O–H groups in total. The van der Waals surface area contributed by atoms with E-state index in [0.717, 1.165) is 5.56 Å². The lowest BCUT2D eigenvalue weighted by molar-refractivity contribution is 0.0950. The zero-order chi connectivity index (χ0) is 15.9. The van der Waals surface area contributed by atoms with Crippen molar-refractivity contribution in [1.82, 2.24) is 5.32 Å². The van der Waals surface area contributed by atoms with Gasteiger partial charge in [-0.2, -0.15) is 0 Å². The number of amides is 1. The van der Waals surface area contributed by atoms with Crippen molar-refractivity contribution in [2.45, 2.75) is 6.54 Å². The van der Waals surface area contributed by atoms with Gasteiger partial charge in [0.2, 0.25) is 0 Å². The maximum atomic E-state index is 12.2. The number of rotatable bonds is 6. The Morgan fingerprint density at radius 3 is 2.36 bits per heavy atom. The van der Waals surface area contributed by atoms with Gasteiger partial charge in [0.15, 0.2) is 0 Å². The summed E-state index contributed by atoms with van der Waals surface area (Å²) in [4.78, 5) is 12.2. The van der Waals surface area contributed by atoms with Crippen molar-refractivity contribution < 1.29 is 19.0 Å². The van der Waals surface area contributed by atoms with Gasteiger partial charge < -0.3 is 19.5 Å². The highest BCUT2D eigenvalue weighted by Gasteiger charge is 2.09. The van der Waals surface area contributed by atoms with Gasteiger partial charge in [0.25, 0.3) is 5.91 Å². The molecule has 2 aromatic rings. The van der Waals surface area contributed by atoms with E-state index < -0.39 is 0 Å². The number of hydrogen-bond donors (Lipinski definition) is 1. The van der Waals surface area contributed by atoms with Crippen LogP contribution in [0.5, 0.6) is 17.2 Å². The number of methoxy groups -OCH3 is 3. The molecule has 0 fully saturated rings. The van der Waals surface area contributed by atoms with Crippen LogP contribution < -0.4 is 19.5 Å². The fourth-order valence-corrected chi connectivity index (χ4v) is 2.06. The number of carbonyl (C=O) groups excluding carboxylic acids is 1. The zero-order valence-corrected chi connectivity index (χ0v) is 12.9. The summed E-state index contributed by atoms with van der Waals surface area (Å²) in [5.41, 5.74) is 1.39. The Balaban J connectivity index is 2.10. The van der Waals surface area contributed by atoms with Gasteiger partial charge in [0, 0.05) is 17.7 Å². The normalized spacial score (nSPS) is 9.95. The summed E-state index contributed by atoms with van der Waals surface area (Å²) in [6.45, 7) is 0.344. The van der Waals surface area contributed by atoms with E-state index in [-0.39, 0.29) is 5.91 Å². The molecule has 2 aromatic carbocycles. The van der Waals surface area contributed by atoms with Gasteiger partial charge in [-0.15, -0.1) is 0 Å². The van der Waals surface area contributed by atoms with E-state index in [1.807, 2.05) is 18.2 Å². The fraction of sp³-hybridized carbons (Fsp3) is 0.235. The molecule has 116 valence electrons. The SMILES string of the molecule is COc1cccc(C(=O)NCc2cc(OC)ccc2OC)c1. The molecule has 5 heteroatoms. The molecule has 0 spiro atoms. The van der Waals surface area contributed by atoms with Crippen LogP contribution in [-0.4, -0.2) is 27.2 Å². The summed E-state index contributed by atoms with van der Waals surface area (Å²) >= 11 is 0. The van der Waals surface area contributed by atoms with E-state index in [9.17, 15) is 4.79 Å². The lowest BCUT2D eigenvalue weighted by Crippen LogP contribution is -2.23. The molecule has 0 unspecified atom stereocenters. The smallest absolute Gasteiger partial charge is 0.251 e. The van der Waals surface area contributed by atoms with Crippen LogP contribution in [0.25, 0.3) is 0 Å². The zero-order valence-electron chi connectivity index (χ0n) is 12.9. The third-order valence-corrected chi connectivity index (χ3v) is 3.26. The van der Waals surface area contributed by atoms with Crippen LogP contribution in [0.3, 0.4) is 0 Å². The second-order valence-corrected chi connectivity index (χ2v) is 4.59. The Hall–Kier alpha value is -2.69. The highest BCUT2D eigenvalue weighted by molar-refractivity contribution is 5.94. The molecule has 0 aliphatic rings. The lowest BCUT2D eigenvalue weighted by Gasteiger charge is -2.12. The minimum Gasteiger partial charge on any atom is -0.497 e. The van der Waals surface area contributed by atoms with Gasteiger partial charge in [-0.25, -0.2) is 0 Å². The van der Waals surface area contributed by atoms with E-state index in [1.54, 1.807) is 45.6 Å². The molecule has 5 nitrogen and oxygen atoms in total. The Morgan fingerprint density at radius 2 is 1.68 bits per heavy atom. The molecular formula is C17H19NO4. The summed E-state index contributed by atoms with van der Waals surface area (Å²) in [6, 6.07) is 12.5. The maximum absolute atomic E-state index is 12.2. The molecule has 0 saturated carbocycles. The van der Waals surface area contributed by atoms with E-state index in [4.69, 9.17) is 14.2 Å². The topological polar surface area (TPSA) is 56.8 Å². The van der Waals surface area contributed by atoms with Gasteiger partial charge in [-0.3, -0.25) is 4.79 Å². The summed E-state index contributed by atoms with van der Waals surface area (Å²) in [6.07, 6.45) is 0. The average molecular weight is 301 g/mol. The minimum atomic E-state index is -0.177. The molecule has 0 atom stereocenters. The summed E-state index contributed by atoms with van der Waals surface area (Å²) in [5, 5.41) is 2.86. The van der Waals surface area contributed by atoms with Crippen molar-refractivity contribution in [3.8, 4) is 17.2 Å². The van der Waals surface area contributed by atoms with Crippen molar-refractivity contribution in [2.75, 3.05) is 21.3 Å². The minimum absolute atomic E-state index is 0.177. The predicted octanol–water partition coefficient (Wildman–Crippen LogP) is 2.64.